The first-order chi connectivity index (χ1) is 10.4. The van der Waals surface area contributed by atoms with Crippen molar-refractivity contribution in [2.24, 2.45) is 0 Å². The molecule has 0 unspecified atom stereocenters. The summed E-state index contributed by atoms with van der Waals surface area (Å²) in [6.07, 6.45) is 11.3. The molecule has 0 radical (unpaired) electrons. The minimum Gasteiger partial charge on any atom is -0.342 e. The fourth-order valence-corrected chi connectivity index (χ4v) is 4.36. The van der Waals surface area contributed by atoms with Crippen LogP contribution in [0.2, 0.25) is 0 Å². The van der Waals surface area contributed by atoms with Crippen molar-refractivity contribution in [1.29, 1.82) is 0 Å². The van der Waals surface area contributed by atoms with Crippen LogP contribution in [0.4, 0.5) is 5.13 Å². The van der Waals surface area contributed by atoms with Crippen LogP contribution >= 0.6 is 11.5 Å². The Labute approximate surface area is 128 Å². The number of anilines is 1. The summed E-state index contributed by atoms with van der Waals surface area (Å²) in [5, 5.41) is 9.07. The maximum Gasteiger partial charge on any atom is 0.205 e. The lowest BCUT2D eigenvalue weighted by Crippen LogP contribution is -2.33. The van der Waals surface area contributed by atoms with Gasteiger partial charge < -0.3 is 4.90 Å². The third kappa shape index (κ3) is 2.66. The lowest BCUT2D eigenvalue weighted by molar-refractivity contribution is 0.496. The topological polar surface area (TPSA) is 59.7 Å². The zero-order valence-electron chi connectivity index (χ0n) is 12.1. The second-order valence-corrected chi connectivity index (χ2v) is 6.76. The monoisotopic (exact) mass is 304 g/mol. The van der Waals surface area contributed by atoms with Crippen LogP contribution in [0.5, 0.6) is 0 Å². The van der Waals surface area contributed by atoms with E-state index in [-0.39, 0.29) is 0 Å². The predicted molar refractivity (Wildman–Crippen MR) is 81.5 cm³/mol. The standard InChI is InChI=1S/C14H20N6S/c1-2-5-11(4-1)13-16-14(21-17-13)20-8-3-6-12(20)10-19-9-7-15-18-19/h7,9,11-12H,1-6,8,10H2/t12-/m0/s1. The van der Waals surface area contributed by atoms with Gasteiger partial charge in [-0.05, 0) is 25.7 Å². The quantitative estimate of drug-likeness (QED) is 0.868. The number of rotatable bonds is 4. The zero-order valence-corrected chi connectivity index (χ0v) is 12.9. The molecule has 1 saturated carbocycles. The molecule has 1 saturated heterocycles. The van der Waals surface area contributed by atoms with E-state index in [0.717, 1.165) is 24.0 Å². The summed E-state index contributed by atoms with van der Waals surface area (Å²) in [6.45, 7) is 1.97. The van der Waals surface area contributed by atoms with Crippen molar-refractivity contribution in [3.8, 4) is 0 Å². The van der Waals surface area contributed by atoms with E-state index >= 15 is 0 Å². The van der Waals surface area contributed by atoms with E-state index in [1.165, 1.54) is 38.5 Å². The van der Waals surface area contributed by atoms with Gasteiger partial charge in [-0.15, -0.1) is 5.10 Å². The smallest absolute Gasteiger partial charge is 0.205 e. The molecule has 7 heteroatoms. The first-order valence-electron chi connectivity index (χ1n) is 7.84. The fraction of sp³-hybridized carbons (Fsp3) is 0.714. The molecule has 1 atom stereocenters. The molecule has 3 heterocycles. The van der Waals surface area contributed by atoms with Gasteiger partial charge in [-0.3, -0.25) is 4.68 Å². The number of nitrogens with zero attached hydrogens (tertiary/aromatic N) is 6. The van der Waals surface area contributed by atoms with Gasteiger partial charge in [0.05, 0.1) is 18.8 Å². The first-order valence-corrected chi connectivity index (χ1v) is 8.62. The summed E-state index contributed by atoms with van der Waals surface area (Å²) in [5.74, 6) is 1.69. The van der Waals surface area contributed by atoms with Crippen molar-refractivity contribution in [3.05, 3.63) is 18.2 Å². The Balaban J connectivity index is 1.49. The summed E-state index contributed by atoms with van der Waals surface area (Å²) in [5.41, 5.74) is 0. The molecule has 2 fully saturated rings. The molecule has 21 heavy (non-hydrogen) atoms. The highest BCUT2D eigenvalue weighted by molar-refractivity contribution is 7.09. The lowest BCUT2D eigenvalue weighted by atomic mass is 10.1. The van der Waals surface area contributed by atoms with Crippen LogP contribution in [0.15, 0.2) is 12.4 Å². The van der Waals surface area contributed by atoms with Crippen LogP contribution in [0, 0.1) is 0 Å². The second kappa shape index (κ2) is 5.71. The average molecular weight is 304 g/mol. The van der Waals surface area contributed by atoms with E-state index in [0.29, 0.717) is 12.0 Å². The molecule has 2 aromatic rings. The van der Waals surface area contributed by atoms with Gasteiger partial charge in [-0.1, -0.05) is 18.1 Å². The summed E-state index contributed by atoms with van der Waals surface area (Å²) in [6, 6.07) is 0.469. The molecule has 0 amide bonds. The maximum absolute atomic E-state index is 4.84. The van der Waals surface area contributed by atoms with Crippen molar-refractivity contribution < 1.29 is 0 Å². The van der Waals surface area contributed by atoms with Crippen molar-refractivity contribution in [2.75, 3.05) is 11.4 Å². The Morgan fingerprint density at radius 3 is 2.90 bits per heavy atom. The molecule has 2 aliphatic rings. The van der Waals surface area contributed by atoms with E-state index in [4.69, 9.17) is 4.98 Å². The Bertz CT molecular complexity index is 574. The van der Waals surface area contributed by atoms with Crippen LogP contribution in [-0.2, 0) is 6.54 Å². The van der Waals surface area contributed by atoms with Gasteiger partial charge in [-0.25, -0.2) is 4.98 Å². The van der Waals surface area contributed by atoms with Gasteiger partial charge in [0.2, 0.25) is 5.13 Å². The second-order valence-electron chi connectivity index (χ2n) is 6.03. The molecule has 0 bridgehead atoms. The number of hydrogen-bond donors (Lipinski definition) is 0. The highest BCUT2D eigenvalue weighted by Crippen LogP contribution is 2.35. The molecule has 2 aromatic heterocycles. The van der Waals surface area contributed by atoms with E-state index < -0.39 is 0 Å². The van der Waals surface area contributed by atoms with Gasteiger partial charge >= 0.3 is 0 Å². The van der Waals surface area contributed by atoms with Gasteiger partial charge in [-0.2, -0.15) is 4.37 Å². The summed E-state index contributed by atoms with van der Waals surface area (Å²) in [7, 11) is 0. The minimum atomic E-state index is 0.469. The molecule has 0 aromatic carbocycles. The summed E-state index contributed by atoms with van der Waals surface area (Å²) >= 11 is 1.57. The van der Waals surface area contributed by atoms with E-state index in [1.54, 1.807) is 17.7 Å². The third-order valence-electron chi connectivity index (χ3n) is 4.64. The fourth-order valence-electron chi connectivity index (χ4n) is 3.52. The minimum absolute atomic E-state index is 0.469. The average Bonchev–Trinajstić information content (AvgIpc) is 3.28. The maximum atomic E-state index is 4.84. The van der Waals surface area contributed by atoms with E-state index in [1.807, 2.05) is 10.9 Å². The highest BCUT2D eigenvalue weighted by Gasteiger charge is 2.29. The Morgan fingerprint density at radius 1 is 1.19 bits per heavy atom. The molecule has 4 rings (SSSR count). The van der Waals surface area contributed by atoms with Crippen LogP contribution in [-0.4, -0.2) is 36.9 Å². The van der Waals surface area contributed by atoms with Crippen molar-refractivity contribution in [1.82, 2.24) is 24.4 Å². The van der Waals surface area contributed by atoms with Gasteiger partial charge in [0.15, 0.2) is 0 Å². The van der Waals surface area contributed by atoms with Crippen molar-refractivity contribution in [3.63, 3.8) is 0 Å². The largest absolute Gasteiger partial charge is 0.342 e. The SMILES string of the molecule is c1cn(C[C@@H]2CCCN2c2nc(C3CCCC3)ns2)nn1. The molecular formula is C14H20N6S. The third-order valence-corrected chi connectivity index (χ3v) is 5.41. The molecule has 1 aliphatic carbocycles. The highest BCUT2D eigenvalue weighted by atomic mass is 32.1. The van der Waals surface area contributed by atoms with Crippen LogP contribution < -0.4 is 4.90 Å². The zero-order chi connectivity index (χ0) is 14.1. The predicted octanol–water partition coefficient (Wildman–Crippen LogP) is 2.46. The van der Waals surface area contributed by atoms with Gasteiger partial charge in [0.25, 0.3) is 0 Å². The Morgan fingerprint density at radius 2 is 2.10 bits per heavy atom. The summed E-state index contributed by atoms with van der Waals surface area (Å²) in [4.78, 5) is 7.26. The normalized spacial score (nSPS) is 23.2. The van der Waals surface area contributed by atoms with Crippen molar-refractivity contribution in [2.45, 2.75) is 57.0 Å². The molecule has 1 aliphatic heterocycles. The first kappa shape index (κ1) is 13.2. The Kier molecular flexibility index (Phi) is 3.58. The molecule has 0 N–H and O–H groups in total. The number of hydrogen-bond acceptors (Lipinski definition) is 6. The van der Waals surface area contributed by atoms with Crippen LogP contribution in [0.3, 0.4) is 0 Å². The lowest BCUT2D eigenvalue weighted by Gasteiger charge is -2.23. The van der Waals surface area contributed by atoms with E-state index in [2.05, 4.69) is 19.6 Å². The molecule has 112 valence electrons. The molecule has 0 spiro atoms. The van der Waals surface area contributed by atoms with Crippen LogP contribution in [0.25, 0.3) is 0 Å². The van der Waals surface area contributed by atoms with Gasteiger partial charge in [0.1, 0.15) is 5.82 Å². The Hall–Kier alpha value is -1.50. The molecular weight excluding hydrogens is 284 g/mol. The molecule has 6 nitrogen and oxygen atoms in total. The summed E-state index contributed by atoms with van der Waals surface area (Å²) < 4.78 is 6.55. The van der Waals surface area contributed by atoms with Gasteiger partial charge in [0, 0.05) is 30.2 Å². The van der Waals surface area contributed by atoms with E-state index in [9.17, 15) is 0 Å². The van der Waals surface area contributed by atoms with Crippen molar-refractivity contribution >= 4 is 16.7 Å². The van der Waals surface area contributed by atoms with Crippen LogP contribution in [0.1, 0.15) is 50.3 Å². The number of aromatic nitrogens is 5.